The Morgan fingerprint density at radius 3 is 2.81 bits per heavy atom. The molecule has 7 nitrogen and oxygen atoms in total. The van der Waals surface area contributed by atoms with Crippen LogP contribution in [0.5, 0.6) is 0 Å². The Labute approximate surface area is 163 Å². The molecule has 0 aliphatic carbocycles. The largest absolute Gasteiger partial charge is 0.451 e. The number of amides is 1. The third kappa shape index (κ3) is 3.42. The Balaban J connectivity index is 1.51. The molecular formula is C18H13Cl2N5O2. The first kappa shape index (κ1) is 17.3. The predicted molar refractivity (Wildman–Crippen MR) is 106 cm³/mol. The predicted octanol–water partition coefficient (Wildman–Crippen LogP) is 4.47. The number of rotatable bonds is 4. The fraction of sp³-hybridized carbons (Fsp3) is 0. The number of benzene rings is 2. The minimum atomic E-state index is -0.457. The molecule has 0 unspecified atom stereocenters. The van der Waals surface area contributed by atoms with Gasteiger partial charge in [-0.25, -0.2) is 0 Å². The monoisotopic (exact) mass is 401 g/mol. The van der Waals surface area contributed by atoms with Crippen LogP contribution in [0.2, 0.25) is 10.0 Å². The van der Waals surface area contributed by atoms with E-state index in [4.69, 9.17) is 33.4 Å². The van der Waals surface area contributed by atoms with Crippen molar-refractivity contribution in [2.24, 2.45) is 0 Å². The van der Waals surface area contributed by atoms with E-state index in [0.29, 0.717) is 27.3 Å². The zero-order valence-corrected chi connectivity index (χ0v) is 15.2. The number of anilines is 2. The van der Waals surface area contributed by atoms with E-state index in [1.807, 2.05) is 18.2 Å². The van der Waals surface area contributed by atoms with Crippen LogP contribution in [0, 0.1) is 0 Å². The SMILES string of the molecule is Nc1n[nH]c2ccc(-c3ccc(C(=O)NNc4cc(Cl)ccc4Cl)o3)cc12. The van der Waals surface area contributed by atoms with Gasteiger partial charge in [-0.15, -0.1) is 0 Å². The van der Waals surface area contributed by atoms with Gasteiger partial charge in [-0.3, -0.25) is 20.7 Å². The normalized spacial score (nSPS) is 10.9. The molecular weight excluding hydrogens is 389 g/mol. The number of halogens is 2. The maximum atomic E-state index is 12.3. The number of H-pyrrole nitrogens is 1. The summed E-state index contributed by atoms with van der Waals surface area (Å²) < 4.78 is 5.66. The second-order valence-electron chi connectivity index (χ2n) is 5.74. The van der Waals surface area contributed by atoms with Crippen LogP contribution in [0.4, 0.5) is 11.5 Å². The molecule has 0 fully saturated rings. The smallest absolute Gasteiger partial charge is 0.305 e. The second kappa shape index (κ2) is 6.86. The highest BCUT2D eigenvalue weighted by atomic mass is 35.5. The van der Waals surface area contributed by atoms with Gasteiger partial charge in [0.25, 0.3) is 0 Å². The van der Waals surface area contributed by atoms with Crippen LogP contribution in [0.3, 0.4) is 0 Å². The molecule has 0 aliphatic rings. The molecule has 9 heteroatoms. The maximum Gasteiger partial charge on any atom is 0.305 e. The lowest BCUT2D eigenvalue weighted by molar-refractivity contribution is 0.0936. The van der Waals surface area contributed by atoms with E-state index in [1.54, 1.807) is 30.3 Å². The molecule has 2 heterocycles. The Kier molecular flexibility index (Phi) is 4.39. The first-order valence-corrected chi connectivity index (χ1v) is 8.62. The molecule has 1 amide bonds. The van der Waals surface area contributed by atoms with Gasteiger partial charge in [0.1, 0.15) is 5.76 Å². The zero-order valence-electron chi connectivity index (χ0n) is 13.7. The topological polar surface area (TPSA) is 109 Å². The summed E-state index contributed by atoms with van der Waals surface area (Å²) in [5.74, 6) is 0.611. The van der Waals surface area contributed by atoms with Crippen LogP contribution in [0.1, 0.15) is 10.6 Å². The van der Waals surface area contributed by atoms with Gasteiger partial charge in [0.05, 0.1) is 16.2 Å². The number of carbonyl (C=O) groups is 1. The number of hydrazine groups is 1. The van der Waals surface area contributed by atoms with E-state index in [9.17, 15) is 4.79 Å². The number of fused-ring (bicyclic) bond motifs is 1. The van der Waals surface area contributed by atoms with E-state index in [0.717, 1.165) is 16.5 Å². The summed E-state index contributed by atoms with van der Waals surface area (Å²) in [6.45, 7) is 0. The molecule has 5 N–H and O–H groups in total. The third-order valence-electron chi connectivity index (χ3n) is 3.95. The molecule has 4 aromatic rings. The first-order chi connectivity index (χ1) is 13.0. The highest BCUT2D eigenvalue weighted by molar-refractivity contribution is 6.35. The van der Waals surface area contributed by atoms with Gasteiger partial charge < -0.3 is 10.2 Å². The minimum Gasteiger partial charge on any atom is -0.451 e. The van der Waals surface area contributed by atoms with Crippen molar-refractivity contribution in [3.8, 4) is 11.3 Å². The highest BCUT2D eigenvalue weighted by Gasteiger charge is 2.14. The van der Waals surface area contributed by atoms with Gasteiger partial charge in [-0.2, -0.15) is 5.10 Å². The van der Waals surface area contributed by atoms with Gasteiger partial charge in [-0.1, -0.05) is 23.2 Å². The lowest BCUT2D eigenvalue weighted by Gasteiger charge is -2.09. The van der Waals surface area contributed by atoms with Gasteiger partial charge >= 0.3 is 5.91 Å². The van der Waals surface area contributed by atoms with Crippen molar-refractivity contribution in [1.82, 2.24) is 15.6 Å². The highest BCUT2D eigenvalue weighted by Crippen LogP contribution is 2.28. The van der Waals surface area contributed by atoms with Crippen LogP contribution in [-0.4, -0.2) is 16.1 Å². The Hall–Kier alpha value is -3.16. The third-order valence-corrected chi connectivity index (χ3v) is 4.51. The quantitative estimate of drug-likeness (QED) is 0.377. The standard InChI is InChI=1S/C18H13Cl2N5O2/c19-10-2-3-12(20)14(8-10)23-25-18(26)16-6-5-15(27-16)9-1-4-13-11(7-9)17(21)24-22-13/h1-8,23H,(H,25,26)(H3,21,22,24). The van der Waals surface area contributed by atoms with E-state index >= 15 is 0 Å². The van der Waals surface area contributed by atoms with Crippen molar-refractivity contribution >= 4 is 51.5 Å². The van der Waals surface area contributed by atoms with Crippen LogP contribution in [0.15, 0.2) is 52.9 Å². The molecule has 0 radical (unpaired) electrons. The molecule has 4 rings (SSSR count). The van der Waals surface area contributed by atoms with E-state index < -0.39 is 5.91 Å². The molecule has 136 valence electrons. The summed E-state index contributed by atoms with van der Waals surface area (Å²) in [5, 5.41) is 8.49. The van der Waals surface area contributed by atoms with Gasteiger partial charge in [0.15, 0.2) is 11.6 Å². The number of hydrogen-bond donors (Lipinski definition) is 4. The molecule has 27 heavy (non-hydrogen) atoms. The summed E-state index contributed by atoms with van der Waals surface area (Å²) in [4.78, 5) is 12.3. The number of nitrogen functional groups attached to an aromatic ring is 1. The molecule has 0 atom stereocenters. The van der Waals surface area contributed by atoms with Crippen molar-refractivity contribution in [2.75, 3.05) is 11.2 Å². The van der Waals surface area contributed by atoms with Crippen molar-refractivity contribution in [1.29, 1.82) is 0 Å². The van der Waals surface area contributed by atoms with Crippen molar-refractivity contribution < 1.29 is 9.21 Å². The average molecular weight is 402 g/mol. The number of aromatic nitrogens is 2. The van der Waals surface area contributed by atoms with Crippen LogP contribution in [0.25, 0.3) is 22.2 Å². The Morgan fingerprint density at radius 2 is 1.96 bits per heavy atom. The Bertz CT molecular complexity index is 1150. The number of carbonyl (C=O) groups excluding carboxylic acids is 1. The second-order valence-corrected chi connectivity index (χ2v) is 6.58. The number of furan rings is 1. The van der Waals surface area contributed by atoms with Gasteiger partial charge in [0.2, 0.25) is 0 Å². The minimum absolute atomic E-state index is 0.135. The summed E-state index contributed by atoms with van der Waals surface area (Å²) in [6, 6.07) is 13.7. The number of nitrogens with zero attached hydrogens (tertiary/aromatic N) is 1. The first-order valence-electron chi connectivity index (χ1n) is 7.86. The maximum absolute atomic E-state index is 12.3. The van der Waals surface area contributed by atoms with Crippen LogP contribution >= 0.6 is 23.2 Å². The fourth-order valence-electron chi connectivity index (χ4n) is 2.58. The molecule has 0 bridgehead atoms. The molecule has 0 aliphatic heterocycles. The molecule has 0 spiro atoms. The van der Waals surface area contributed by atoms with Crippen LogP contribution in [-0.2, 0) is 0 Å². The summed E-state index contributed by atoms with van der Waals surface area (Å²) in [6.07, 6.45) is 0. The zero-order chi connectivity index (χ0) is 19.0. The molecule has 2 aromatic heterocycles. The summed E-state index contributed by atoms with van der Waals surface area (Å²) in [5.41, 5.74) is 13.2. The van der Waals surface area contributed by atoms with E-state index in [1.165, 1.54) is 0 Å². The van der Waals surface area contributed by atoms with Crippen molar-refractivity contribution in [2.45, 2.75) is 0 Å². The van der Waals surface area contributed by atoms with Gasteiger partial charge in [0, 0.05) is 16.0 Å². The summed E-state index contributed by atoms with van der Waals surface area (Å²) >= 11 is 12.0. The molecule has 0 saturated carbocycles. The average Bonchev–Trinajstić information content (AvgIpc) is 3.29. The molecule has 0 saturated heterocycles. The lowest BCUT2D eigenvalue weighted by atomic mass is 10.1. The fourth-order valence-corrected chi connectivity index (χ4v) is 2.92. The van der Waals surface area contributed by atoms with Crippen LogP contribution < -0.4 is 16.6 Å². The number of nitrogens with two attached hydrogens (primary N) is 1. The van der Waals surface area contributed by atoms with Gasteiger partial charge in [-0.05, 0) is 48.5 Å². The number of hydrogen-bond acceptors (Lipinski definition) is 5. The summed E-state index contributed by atoms with van der Waals surface area (Å²) in [7, 11) is 0. The van der Waals surface area contributed by atoms with E-state index in [-0.39, 0.29) is 5.76 Å². The number of aromatic amines is 1. The van der Waals surface area contributed by atoms with Crippen molar-refractivity contribution in [3.05, 3.63) is 64.3 Å². The van der Waals surface area contributed by atoms with E-state index in [2.05, 4.69) is 21.0 Å². The Morgan fingerprint density at radius 1 is 1.11 bits per heavy atom. The lowest BCUT2D eigenvalue weighted by Crippen LogP contribution is -2.29. The number of nitrogens with one attached hydrogen (secondary N) is 3. The van der Waals surface area contributed by atoms with Crippen molar-refractivity contribution in [3.63, 3.8) is 0 Å². The molecule has 2 aromatic carbocycles.